The molecule has 1 aliphatic heterocycles. The third-order valence-electron chi connectivity index (χ3n) is 15.1. The molecule has 10 atom stereocenters. The van der Waals surface area contributed by atoms with E-state index in [0.717, 1.165) is 0 Å². The lowest BCUT2D eigenvalue weighted by molar-refractivity contribution is -0.144. The lowest BCUT2D eigenvalue weighted by Crippen LogP contribution is -2.56. The minimum absolute atomic E-state index is 0.00465. The van der Waals surface area contributed by atoms with Crippen molar-refractivity contribution in [2.24, 2.45) is 107 Å². The van der Waals surface area contributed by atoms with Crippen molar-refractivity contribution in [1.82, 2.24) is 31.5 Å². The Balaban J connectivity index is 3.72. The Morgan fingerprint density at radius 2 is 0.846 bits per heavy atom. The zero-order valence-electron chi connectivity index (χ0n) is 52.3. The Morgan fingerprint density at radius 3 is 1.31 bits per heavy atom. The summed E-state index contributed by atoms with van der Waals surface area (Å²) in [6.07, 6.45) is -2.29. The van der Waals surface area contributed by atoms with Crippen molar-refractivity contribution in [2.75, 3.05) is 32.7 Å². The van der Waals surface area contributed by atoms with E-state index in [1.807, 2.05) is 0 Å². The fraction of sp³-hybridized carbons (Fsp3) is 0.696. The van der Waals surface area contributed by atoms with Crippen LogP contribution in [-0.2, 0) is 67.1 Å². The highest BCUT2D eigenvalue weighted by molar-refractivity contribution is 5.99. The maximum Gasteiger partial charge on any atom is 0.243 e. The van der Waals surface area contributed by atoms with Gasteiger partial charge in [0.25, 0.3) is 0 Å². The summed E-state index contributed by atoms with van der Waals surface area (Å²) in [6.45, 7) is 3.19. The van der Waals surface area contributed by atoms with Crippen molar-refractivity contribution in [3.63, 3.8) is 0 Å². The molecule has 35 heteroatoms. The van der Waals surface area contributed by atoms with Gasteiger partial charge in [0.2, 0.25) is 65.0 Å². The van der Waals surface area contributed by atoms with Crippen LogP contribution in [0.25, 0.3) is 0 Å². The average molecular weight is 1290 g/mol. The first-order valence-electron chi connectivity index (χ1n) is 30.5. The van der Waals surface area contributed by atoms with E-state index in [-0.39, 0.29) is 140 Å². The number of nitrogens with zero attached hydrogens (tertiary/aromatic N) is 4. The Labute approximate surface area is 528 Å². The van der Waals surface area contributed by atoms with E-state index < -0.39 is 174 Å². The third kappa shape index (κ3) is 33.4. The van der Waals surface area contributed by atoms with Gasteiger partial charge in [0, 0.05) is 94.8 Å². The molecule has 1 aliphatic rings. The number of carbonyl (C=O) groups excluding carboxylic acids is 14. The molecule has 0 bridgehead atoms. The lowest BCUT2D eigenvalue weighted by atomic mass is 9.89. The van der Waals surface area contributed by atoms with Crippen LogP contribution < -0.4 is 95.4 Å². The van der Waals surface area contributed by atoms with Crippen LogP contribution in [0.2, 0.25) is 0 Å². The number of Topliss-reactive ketones (excluding diaryl/α,β-unsaturated/α-hetero) is 3. The Morgan fingerprint density at radius 1 is 0.429 bits per heavy atom. The van der Waals surface area contributed by atoms with Gasteiger partial charge in [0.1, 0.15) is 18.1 Å². The molecule has 0 aliphatic carbocycles. The van der Waals surface area contributed by atoms with Crippen LogP contribution in [0.3, 0.4) is 0 Å². The van der Waals surface area contributed by atoms with Gasteiger partial charge in [0.15, 0.2) is 35.2 Å². The molecule has 35 nitrogen and oxygen atoms in total. The molecule has 29 N–H and O–H groups in total. The predicted molar refractivity (Wildman–Crippen MR) is 334 cm³/mol. The Bertz CT molecular complexity index is 2610. The Hall–Kier alpha value is -9.05. The van der Waals surface area contributed by atoms with Gasteiger partial charge in [-0.2, -0.15) is 0 Å². The molecule has 0 saturated carbocycles. The first-order valence-corrected chi connectivity index (χ1v) is 30.5. The Kier molecular flexibility index (Phi) is 37.6. The fourth-order valence-corrected chi connectivity index (χ4v) is 9.88. The van der Waals surface area contributed by atoms with Gasteiger partial charge < -0.3 is 100 Å². The molecular formula is C56H99N21O14. The second kappa shape index (κ2) is 42.8. The van der Waals surface area contributed by atoms with E-state index in [2.05, 4.69) is 41.6 Å². The monoisotopic (exact) mass is 1290 g/mol. The van der Waals surface area contributed by atoms with Gasteiger partial charge in [0.05, 0.1) is 18.1 Å². The van der Waals surface area contributed by atoms with E-state index in [0.29, 0.717) is 19.4 Å². The van der Waals surface area contributed by atoms with Crippen LogP contribution in [0.15, 0.2) is 15.0 Å². The third-order valence-corrected chi connectivity index (χ3v) is 15.1. The summed E-state index contributed by atoms with van der Waals surface area (Å²) in [7, 11) is 0. The normalized spacial score (nSPS) is 15.6. The second-order valence-electron chi connectivity index (χ2n) is 22.7. The summed E-state index contributed by atoms with van der Waals surface area (Å²) in [5.41, 5.74) is 66.0. The number of aliphatic imine (C=N–C) groups is 3. The van der Waals surface area contributed by atoms with Gasteiger partial charge in [-0.05, 0) is 110 Å². The predicted octanol–water partition coefficient (Wildman–Crippen LogP) is -6.38. The first-order chi connectivity index (χ1) is 42.8. The van der Waals surface area contributed by atoms with Gasteiger partial charge in [-0.1, -0.05) is 6.92 Å². The zero-order valence-corrected chi connectivity index (χ0v) is 52.3. The van der Waals surface area contributed by atoms with E-state index >= 15 is 0 Å². The van der Waals surface area contributed by atoms with Crippen molar-refractivity contribution < 1.29 is 67.1 Å². The largest absolute Gasteiger partial charge is 0.370 e. The lowest BCUT2D eigenvalue weighted by Gasteiger charge is -2.30. The molecular weight excluding hydrogens is 1190 g/mol. The maximum absolute atomic E-state index is 14.9. The van der Waals surface area contributed by atoms with Crippen molar-refractivity contribution in [3.8, 4) is 0 Å². The molecule has 1 rings (SSSR count). The van der Waals surface area contributed by atoms with E-state index in [9.17, 15) is 67.1 Å². The summed E-state index contributed by atoms with van der Waals surface area (Å²) in [5, 5.41) is 13.0. The summed E-state index contributed by atoms with van der Waals surface area (Å²) in [6, 6.07) is -7.93. The number of amides is 11. The molecule has 0 radical (unpaired) electrons. The average Bonchev–Trinajstić information content (AvgIpc) is 2.15. The molecule has 1 heterocycles. The molecule has 0 aromatic rings. The van der Waals surface area contributed by atoms with Crippen LogP contribution >= 0.6 is 0 Å². The molecule has 91 heavy (non-hydrogen) atoms. The van der Waals surface area contributed by atoms with Gasteiger partial charge in [-0.3, -0.25) is 82.1 Å². The van der Waals surface area contributed by atoms with Gasteiger partial charge in [-0.25, -0.2) is 0 Å². The topological polar surface area (TPSA) is 652 Å². The van der Waals surface area contributed by atoms with Crippen LogP contribution in [0.4, 0.5) is 0 Å². The number of nitrogens with one attached hydrogen (secondary N) is 5. The standard InChI is InChI=1S/C56H99N21O14/c1-30(14-18-43(58)81)48(86)72-31(2)40(78)27-32(15-19-44(59)82)49(87)73-35(11-6-24-70-55(65)66)42(80)29-34(9-5-23-69-54(63)64)53(91)77-26-8-13-39(77)52(90)76-38(17-21-46(61)84)51(89)74-36(12-7-25-71-56(67)68)41(79)28-33(16-20-45(60)83)50(88)75-37(47(62)85)10-3-4-22-57/h30-39H,3-29,57H2,1-2H3,(H2,58,81)(H2,59,82)(H2,60,83)(H2,61,84)(H2,62,85)(H,72,86)(H,73,87)(H,74,89)(H,75,88)(H,76,90)(H4,63,64,69)(H4,65,66,70)(H4,67,68,71)/t30-,31-,32+,33+,34+,35-,36-,37-,38-,39-/m0/s1. The molecule has 512 valence electrons. The smallest absolute Gasteiger partial charge is 0.243 e. The highest BCUT2D eigenvalue weighted by Gasteiger charge is 2.41. The highest BCUT2D eigenvalue weighted by atomic mass is 16.2. The number of ketones is 3. The highest BCUT2D eigenvalue weighted by Crippen LogP contribution is 2.26. The number of rotatable bonds is 49. The van der Waals surface area contributed by atoms with E-state index in [1.54, 1.807) is 0 Å². The van der Waals surface area contributed by atoms with Gasteiger partial charge in [-0.15, -0.1) is 0 Å². The van der Waals surface area contributed by atoms with E-state index in [1.165, 1.54) is 18.7 Å². The number of hydrogen-bond acceptors (Lipinski definition) is 18. The number of carbonyl (C=O) groups is 14. The summed E-state index contributed by atoms with van der Waals surface area (Å²) in [5.74, 6) is -16.0. The van der Waals surface area contributed by atoms with Crippen LogP contribution in [0, 0.1) is 23.7 Å². The first kappa shape index (κ1) is 80.0. The van der Waals surface area contributed by atoms with Crippen LogP contribution in [-0.4, -0.2) is 174 Å². The van der Waals surface area contributed by atoms with Crippen molar-refractivity contribution in [1.29, 1.82) is 0 Å². The maximum atomic E-state index is 14.9. The molecule has 0 aromatic heterocycles. The van der Waals surface area contributed by atoms with Gasteiger partial charge >= 0.3 is 0 Å². The second-order valence-corrected chi connectivity index (χ2v) is 22.7. The minimum Gasteiger partial charge on any atom is -0.370 e. The number of unbranched alkanes of at least 4 members (excludes halogenated alkanes) is 1. The summed E-state index contributed by atoms with van der Waals surface area (Å²) in [4.78, 5) is 200. The van der Waals surface area contributed by atoms with Crippen molar-refractivity contribution >= 4 is 100 Å². The minimum atomic E-state index is -1.59. The quantitative estimate of drug-likeness (QED) is 0.0153. The molecule has 1 saturated heterocycles. The SMILES string of the molecule is C[C@H](NC(=O)[C@@H](C)CCC(N)=O)C(=O)C[C@@H](CCC(N)=O)C(=O)N[C@@H](CCCN=C(N)N)C(=O)C[C@@H](CCCN=C(N)N)C(=O)N1CCC[C@H]1C(=O)N[C@@H](CCC(N)=O)C(=O)N[C@@H](CCCN=C(N)N)C(=O)C[C@@H](CCC(N)=O)C(=O)N[C@@H](CCCCN)C(N)=O. The van der Waals surface area contributed by atoms with Crippen LogP contribution in [0.1, 0.15) is 155 Å². The molecule has 0 aromatic carbocycles. The number of likely N-dealkylation sites (tertiary alicyclic amines) is 1. The fourth-order valence-electron chi connectivity index (χ4n) is 9.88. The molecule has 0 spiro atoms. The number of hydrogen-bond donors (Lipinski definition) is 17. The summed E-state index contributed by atoms with van der Waals surface area (Å²) < 4.78 is 0. The van der Waals surface area contributed by atoms with Crippen molar-refractivity contribution in [3.05, 3.63) is 0 Å². The van der Waals surface area contributed by atoms with Crippen molar-refractivity contribution in [2.45, 2.75) is 191 Å². The molecule has 1 fully saturated rings. The number of nitrogens with two attached hydrogens (primary N) is 12. The zero-order chi connectivity index (χ0) is 68.9. The summed E-state index contributed by atoms with van der Waals surface area (Å²) >= 11 is 0. The molecule has 11 amide bonds. The number of primary amides is 5. The number of guanidine groups is 3. The van der Waals surface area contributed by atoms with Crippen LogP contribution in [0.5, 0.6) is 0 Å². The van der Waals surface area contributed by atoms with E-state index in [4.69, 9.17) is 68.8 Å². The molecule has 0 unspecified atom stereocenters.